The summed E-state index contributed by atoms with van der Waals surface area (Å²) in [5, 5.41) is 11.9. The van der Waals surface area contributed by atoms with Crippen LogP contribution < -0.4 is 10.2 Å². The fourth-order valence-corrected chi connectivity index (χ4v) is 4.66. The summed E-state index contributed by atoms with van der Waals surface area (Å²) < 4.78 is 0.791. The lowest BCUT2D eigenvalue weighted by Crippen LogP contribution is -2.28. The average Bonchev–Trinajstić information content (AvgIpc) is 3.07. The van der Waals surface area contributed by atoms with Crippen LogP contribution in [0.15, 0.2) is 52.9 Å². The van der Waals surface area contributed by atoms with Crippen LogP contribution in [-0.4, -0.2) is 28.9 Å². The predicted molar refractivity (Wildman–Crippen MR) is 108 cm³/mol. The van der Waals surface area contributed by atoms with Crippen LogP contribution in [0.5, 0.6) is 0 Å². The quantitative estimate of drug-likeness (QED) is 0.688. The number of hydrogen-bond donors (Lipinski definition) is 1. The molecule has 2 heterocycles. The molecule has 7 heteroatoms. The van der Waals surface area contributed by atoms with Gasteiger partial charge in [-0.25, -0.2) is 0 Å². The standard InChI is InChI=1S/C19H18N4OS2/c1-20-18-21-22-19(26-18)25-12-17(24)23-15-8-4-2-6-13(15)10-11-14-7-3-5-9-16(14)23/h2-9H,10-12H2,1H3,(H,20,21). The summed E-state index contributed by atoms with van der Waals surface area (Å²) in [5.74, 6) is 0.374. The summed E-state index contributed by atoms with van der Waals surface area (Å²) in [4.78, 5) is 15.0. The highest BCUT2D eigenvalue weighted by molar-refractivity contribution is 8.01. The molecule has 1 N–H and O–H groups in total. The first-order chi connectivity index (χ1) is 12.8. The molecule has 4 rings (SSSR count). The van der Waals surface area contributed by atoms with Gasteiger partial charge in [0, 0.05) is 7.05 Å². The Hall–Kier alpha value is -2.38. The minimum absolute atomic E-state index is 0.0537. The molecule has 0 aliphatic carbocycles. The molecule has 2 aromatic carbocycles. The van der Waals surface area contributed by atoms with Gasteiger partial charge in [0.15, 0.2) is 4.34 Å². The van der Waals surface area contributed by atoms with E-state index in [4.69, 9.17) is 0 Å². The number of benzene rings is 2. The second-order valence-electron chi connectivity index (χ2n) is 5.90. The first-order valence-electron chi connectivity index (χ1n) is 8.39. The van der Waals surface area contributed by atoms with Crippen LogP contribution in [0.2, 0.25) is 0 Å². The number of anilines is 3. The molecule has 0 atom stereocenters. The normalized spacial score (nSPS) is 12.9. The summed E-state index contributed by atoms with van der Waals surface area (Å²) >= 11 is 2.88. The largest absolute Gasteiger partial charge is 0.363 e. The van der Waals surface area contributed by atoms with Gasteiger partial charge in [-0.3, -0.25) is 9.69 Å². The van der Waals surface area contributed by atoms with Crippen molar-refractivity contribution in [3.63, 3.8) is 0 Å². The van der Waals surface area contributed by atoms with Crippen LogP contribution >= 0.6 is 23.1 Å². The molecule has 0 spiro atoms. The fourth-order valence-electron chi connectivity index (χ4n) is 3.11. The number of para-hydroxylation sites is 2. The van der Waals surface area contributed by atoms with Crippen molar-refractivity contribution in [2.45, 2.75) is 17.2 Å². The van der Waals surface area contributed by atoms with Gasteiger partial charge >= 0.3 is 0 Å². The smallest absolute Gasteiger partial charge is 0.242 e. The van der Waals surface area contributed by atoms with E-state index in [1.165, 1.54) is 34.2 Å². The number of hydrogen-bond acceptors (Lipinski definition) is 6. The highest BCUT2D eigenvalue weighted by Gasteiger charge is 2.25. The zero-order valence-corrected chi connectivity index (χ0v) is 15.9. The van der Waals surface area contributed by atoms with Gasteiger partial charge in [0.25, 0.3) is 0 Å². The van der Waals surface area contributed by atoms with Gasteiger partial charge in [-0.15, -0.1) is 10.2 Å². The average molecular weight is 383 g/mol. The Morgan fingerprint density at radius 1 is 1.08 bits per heavy atom. The first-order valence-corrected chi connectivity index (χ1v) is 10.2. The van der Waals surface area contributed by atoms with Gasteiger partial charge < -0.3 is 5.32 Å². The van der Waals surface area contributed by atoms with Crippen LogP contribution in [-0.2, 0) is 17.6 Å². The highest BCUT2D eigenvalue weighted by atomic mass is 32.2. The third kappa shape index (κ3) is 3.32. The fraction of sp³-hybridized carbons (Fsp3) is 0.211. The molecule has 1 amide bonds. The Labute approximate surface area is 160 Å². The number of aryl methyl sites for hydroxylation is 2. The molecule has 0 radical (unpaired) electrons. The van der Waals surface area contributed by atoms with Crippen molar-refractivity contribution in [3.05, 3.63) is 59.7 Å². The monoisotopic (exact) mass is 382 g/mol. The molecule has 0 saturated heterocycles. The van der Waals surface area contributed by atoms with Crippen molar-refractivity contribution in [2.75, 3.05) is 23.0 Å². The summed E-state index contributed by atoms with van der Waals surface area (Å²) in [6.45, 7) is 0. The second kappa shape index (κ2) is 7.47. The van der Waals surface area contributed by atoms with Crippen LogP contribution in [0.4, 0.5) is 16.5 Å². The number of fused-ring (bicyclic) bond motifs is 2. The highest BCUT2D eigenvalue weighted by Crippen LogP contribution is 2.37. The van der Waals surface area contributed by atoms with Crippen molar-refractivity contribution < 1.29 is 4.79 Å². The third-order valence-electron chi connectivity index (χ3n) is 4.32. The second-order valence-corrected chi connectivity index (χ2v) is 8.10. The third-order valence-corrected chi connectivity index (χ3v) is 6.38. The number of nitrogens with one attached hydrogen (secondary N) is 1. The first kappa shape index (κ1) is 17.1. The van der Waals surface area contributed by atoms with Crippen LogP contribution in [0.3, 0.4) is 0 Å². The Morgan fingerprint density at radius 3 is 2.27 bits per heavy atom. The summed E-state index contributed by atoms with van der Waals surface area (Å²) in [5.41, 5.74) is 4.37. The van der Waals surface area contributed by atoms with Crippen LogP contribution in [0.1, 0.15) is 11.1 Å². The van der Waals surface area contributed by atoms with Gasteiger partial charge in [-0.1, -0.05) is 59.5 Å². The summed E-state index contributed by atoms with van der Waals surface area (Å²) in [7, 11) is 1.81. The van der Waals surface area contributed by atoms with E-state index in [0.717, 1.165) is 33.7 Å². The number of aromatic nitrogens is 2. The zero-order chi connectivity index (χ0) is 17.9. The molecule has 1 aliphatic rings. The molecule has 26 heavy (non-hydrogen) atoms. The number of rotatable bonds is 4. The topological polar surface area (TPSA) is 58.1 Å². The molecule has 0 saturated carbocycles. The van der Waals surface area contributed by atoms with Gasteiger partial charge in [-0.2, -0.15) is 0 Å². The van der Waals surface area contributed by atoms with Gasteiger partial charge in [-0.05, 0) is 36.1 Å². The SMILES string of the molecule is CNc1nnc(SCC(=O)N2c3ccccc3CCc3ccccc32)s1. The molecule has 0 unspecified atom stereocenters. The van der Waals surface area contributed by atoms with Crippen LogP contribution in [0.25, 0.3) is 0 Å². The Balaban J connectivity index is 1.64. The molecule has 3 aromatic rings. The Bertz CT molecular complexity index is 893. The van der Waals surface area contributed by atoms with E-state index in [-0.39, 0.29) is 5.91 Å². The van der Waals surface area contributed by atoms with Gasteiger partial charge in [0.2, 0.25) is 11.0 Å². The van der Waals surface area contributed by atoms with E-state index in [9.17, 15) is 4.79 Å². The molecule has 0 fully saturated rings. The zero-order valence-electron chi connectivity index (χ0n) is 14.3. The lowest BCUT2D eigenvalue weighted by atomic mass is 10.0. The molecule has 5 nitrogen and oxygen atoms in total. The number of thioether (sulfide) groups is 1. The van der Waals surface area contributed by atoms with E-state index in [1.807, 2.05) is 48.3 Å². The van der Waals surface area contributed by atoms with Gasteiger partial charge in [0.05, 0.1) is 17.1 Å². The number of carbonyl (C=O) groups is 1. The number of amides is 1. The Morgan fingerprint density at radius 2 is 1.69 bits per heavy atom. The van der Waals surface area contributed by atoms with Crippen molar-refractivity contribution in [2.24, 2.45) is 0 Å². The predicted octanol–water partition coefficient (Wildman–Crippen LogP) is 4.14. The van der Waals surface area contributed by atoms with Crippen molar-refractivity contribution >= 4 is 45.5 Å². The lowest BCUT2D eigenvalue weighted by Gasteiger charge is -2.24. The molecule has 132 valence electrons. The molecule has 1 aromatic heterocycles. The molecular formula is C19H18N4OS2. The minimum atomic E-state index is 0.0537. The Kier molecular flexibility index (Phi) is 4.90. The van der Waals surface area contributed by atoms with E-state index in [0.29, 0.717) is 5.75 Å². The molecular weight excluding hydrogens is 364 g/mol. The summed E-state index contributed by atoms with van der Waals surface area (Å²) in [6, 6.07) is 16.3. The maximum absolute atomic E-state index is 13.2. The van der Waals surface area contributed by atoms with Crippen molar-refractivity contribution in [3.8, 4) is 0 Å². The van der Waals surface area contributed by atoms with Crippen molar-refractivity contribution in [1.29, 1.82) is 0 Å². The maximum atomic E-state index is 13.2. The maximum Gasteiger partial charge on any atom is 0.242 e. The molecule has 0 bridgehead atoms. The van der Waals surface area contributed by atoms with Gasteiger partial charge in [0.1, 0.15) is 0 Å². The minimum Gasteiger partial charge on any atom is -0.363 e. The number of carbonyl (C=O) groups excluding carboxylic acids is 1. The van der Waals surface area contributed by atoms with E-state index in [1.54, 1.807) is 0 Å². The van der Waals surface area contributed by atoms with E-state index >= 15 is 0 Å². The van der Waals surface area contributed by atoms with E-state index in [2.05, 4.69) is 27.6 Å². The van der Waals surface area contributed by atoms with E-state index < -0.39 is 0 Å². The molecule has 1 aliphatic heterocycles. The van der Waals surface area contributed by atoms with Crippen molar-refractivity contribution in [1.82, 2.24) is 10.2 Å². The van der Waals surface area contributed by atoms with Crippen LogP contribution in [0, 0.1) is 0 Å². The summed E-state index contributed by atoms with van der Waals surface area (Å²) in [6.07, 6.45) is 1.87. The lowest BCUT2D eigenvalue weighted by molar-refractivity contribution is -0.115. The number of nitrogens with zero attached hydrogens (tertiary/aromatic N) is 3.